The Kier molecular flexibility index (Phi) is 3.49. The first-order valence-electron chi connectivity index (χ1n) is 5.43. The molecule has 2 aromatic heterocycles. The number of aromatic amines is 1. The fourth-order valence-corrected chi connectivity index (χ4v) is 1.59. The lowest BCUT2D eigenvalue weighted by molar-refractivity contribution is 0.111. The van der Waals surface area contributed by atoms with Crippen molar-refractivity contribution in [3.8, 4) is 0 Å². The molecule has 0 spiro atoms. The van der Waals surface area contributed by atoms with Crippen molar-refractivity contribution >= 4 is 12.1 Å². The summed E-state index contributed by atoms with van der Waals surface area (Å²) in [6, 6.07) is 3.68. The number of aromatic nitrogens is 3. The zero-order valence-corrected chi connectivity index (χ0v) is 9.60. The third-order valence-electron chi connectivity index (χ3n) is 2.38. The van der Waals surface area contributed by atoms with Crippen LogP contribution in [0.5, 0.6) is 0 Å². The molecule has 0 amide bonds. The van der Waals surface area contributed by atoms with Crippen LogP contribution in [0.3, 0.4) is 0 Å². The Hall–Kier alpha value is -2.17. The van der Waals surface area contributed by atoms with Crippen molar-refractivity contribution in [2.45, 2.75) is 13.3 Å². The first-order valence-corrected chi connectivity index (χ1v) is 5.43. The number of pyridine rings is 1. The number of H-pyrrole nitrogens is 1. The van der Waals surface area contributed by atoms with Crippen LogP contribution in [0.15, 0.2) is 24.5 Å². The van der Waals surface area contributed by atoms with Gasteiger partial charge >= 0.3 is 0 Å². The second kappa shape index (κ2) is 5.25. The number of nitrogens with one attached hydrogen (secondary N) is 2. The van der Waals surface area contributed by atoms with E-state index in [0.29, 0.717) is 5.69 Å². The average molecular weight is 230 g/mol. The van der Waals surface area contributed by atoms with E-state index in [1.54, 1.807) is 12.3 Å². The number of aryl methyl sites for hydroxylation is 1. The van der Waals surface area contributed by atoms with Crippen molar-refractivity contribution in [3.63, 3.8) is 0 Å². The van der Waals surface area contributed by atoms with E-state index in [-0.39, 0.29) is 0 Å². The highest BCUT2D eigenvalue weighted by molar-refractivity contribution is 5.73. The molecule has 2 heterocycles. The number of rotatable bonds is 5. The average Bonchev–Trinajstić information content (AvgIpc) is 2.81. The van der Waals surface area contributed by atoms with E-state index in [9.17, 15) is 4.79 Å². The van der Waals surface area contributed by atoms with Gasteiger partial charge in [-0.25, -0.2) is 4.98 Å². The maximum absolute atomic E-state index is 10.7. The first-order chi connectivity index (χ1) is 8.28. The summed E-state index contributed by atoms with van der Waals surface area (Å²) in [5.74, 6) is 0.732. The molecule has 0 bridgehead atoms. The maximum Gasteiger partial charge on any atom is 0.168 e. The van der Waals surface area contributed by atoms with Gasteiger partial charge in [0.05, 0.1) is 6.20 Å². The van der Waals surface area contributed by atoms with E-state index in [4.69, 9.17) is 0 Å². The molecule has 17 heavy (non-hydrogen) atoms. The normalized spacial score (nSPS) is 10.2. The van der Waals surface area contributed by atoms with Crippen LogP contribution in [0, 0.1) is 6.92 Å². The molecule has 0 fully saturated rings. The minimum atomic E-state index is 0.454. The van der Waals surface area contributed by atoms with Gasteiger partial charge in [-0.3, -0.25) is 9.89 Å². The molecule has 0 unspecified atom stereocenters. The zero-order valence-electron chi connectivity index (χ0n) is 9.60. The van der Waals surface area contributed by atoms with Gasteiger partial charge in [0.25, 0.3) is 0 Å². The monoisotopic (exact) mass is 230 g/mol. The third kappa shape index (κ3) is 3.14. The Morgan fingerprint density at radius 2 is 2.35 bits per heavy atom. The number of anilines is 1. The molecule has 5 nitrogen and oxygen atoms in total. The summed E-state index contributed by atoms with van der Waals surface area (Å²) >= 11 is 0. The summed E-state index contributed by atoms with van der Waals surface area (Å²) < 4.78 is 0. The molecule has 0 aliphatic rings. The molecule has 88 valence electrons. The molecule has 2 rings (SSSR count). The molecule has 0 atom stereocenters. The summed E-state index contributed by atoms with van der Waals surface area (Å²) in [7, 11) is 0. The summed E-state index contributed by atoms with van der Waals surface area (Å²) in [6.45, 7) is 2.70. The van der Waals surface area contributed by atoms with Crippen molar-refractivity contribution in [1.29, 1.82) is 0 Å². The predicted octanol–water partition coefficient (Wildman–Crippen LogP) is 1.58. The van der Waals surface area contributed by atoms with E-state index >= 15 is 0 Å². The molecular weight excluding hydrogens is 216 g/mol. The van der Waals surface area contributed by atoms with Crippen LogP contribution in [0.25, 0.3) is 0 Å². The van der Waals surface area contributed by atoms with Crippen molar-refractivity contribution in [2.24, 2.45) is 0 Å². The van der Waals surface area contributed by atoms with Crippen LogP contribution in [0.4, 0.5) is 5.82 Å². The molecule has 5 heteroatoms. The van der Waals surface area contributed by atoms with Gasteiger partial charge in [-0.05, 0) is 36.6 Å². The highest BCUT2D eigenvalue weighted by Gasteiger charge is 2.00. The SMILES string of the molecule is Cc1cc(C=O)nc(NCCc2cn[nH]c2)c1. The lowest BCUT2D eigenvalue weighted by Crippen LogP contribution is -2.07. The maximum atomic E-state index is 10.7. The van der Waals surface area contributed by atoms with E-state index in [1.165, 1.54) is 0 Å². The lowest BCUT2D eigenvalue weighted by atomic mass is 10.2. The predicted molar refractivity (Wildman–Crippen MR) is 65.1 cm³/mol. The summed E-state index contributed by atoms with van der Waals surface area (Å²) in [4.78, 5) is 14.8. The molecule has 2 N–H and O–H groups in total. The minimum absolute atomic E-state index is 0.454. The van der Waals surface area contributed by atoms with Crippen LogP contribution in [0.2, 0.25) is 0 Å². The molecule has 0 radical (unpaired) electrons. The van der Waals surface area contributed by atoms with Crippen molar-refractivity contribution in [1.82, 2.24) is 15.2 Å². The fraction of sp³-hybridized carbons (Fsp3) is 0.250. The van der Waals surface area contributed by atoms with Crippen LogP contribution < -0.4 is 5.32 Å². The highest BCUT2D eigenvalue weighted by atomic mass is 16.1. The number of aldehydes is 1. The molecular formula is C12H14N4O. The van der Waals surface area contributed by atoms with E-state index in [0.717, 1.165) is 36.2 Å². The molecule has 0 saturated heterocycles. The van der Waals surface area contributed by atoms with Crippen LogP contribution >= 0.6 is 0 Å². The molecule has 2 aromatic rings. The zero-order chi connectivity index (χ0) is 12.1. The smallest absolute Gasteiger partial charge is 0.168 e. The van der Waals surface area contributed by atoms with Gasteiger partial charge in [0.15, 0.2) is 6.29 Å². The number of nitrogens with zero attached hydrogens (tertiary/aromatic N) is 2. The Morgan fingerprint density at radius 1 is 1.47 bits per heavy atom. The van der Waals surface area contributed by atoms with Gasteiger partial charge in [0.1, 0.15) is 11.5 Å². The Bertz CT molecular complexity index is 493. The summed E-state index contributed by atoms with van der Waals surface area (Å²) in [5, 5.41) is 9.83. The molecule has 0 aromatic carbocycles. The van der Waals surface area contributed by atoms with Crippen molar-refractivity contribution in [2.75, 3.05) is 11.9 Å². The topological polar surface area (TPSA) is 70.7 Å². The van der Waals surface area contributed by atoms with Gasteiger partial charge in [-0.1, -0.05) is 0 Å². The standard InChI is InChI=1S/C12H14N4O/c1-9-4-11(8-17)16-12(5-9)13-3-2-10-6-14-15-7-10/h4-8H,2-3H2,1H3,(H,13,16)(H,14,15). The lowest BCUT2D eigenvalue weighted by Gasteiger charge is -2.06. The quantitative estimate of drug-likeness (QED) is 0.765. The van der Waals surface area contributed by atoms with Crippen LogP contribution in [0.1, 0.15) is 21.6 Å². The van der Waals surface area contributed by atoms with Gasteiger partial charge < -0.3 is 5.32 Å². The van der Waals surface area contributed by atoms with Crippen LogP contribution in [-0.2, 0) is 6.42 Å². The van der Waals surface area contributed by atoms with E-state index < -0.39 is 0 Å². The highest BCUT2D eigenvalue weighted by Crippen LogP contribution is 2.08. The minimum Gasteiger partial charge on any atom is -0.370 e. The van der Waals surface area contributed by atoms with Crippen molar-refractivity contribution < 1.29 is 4.79 Å². The van der Waals surface area contributed by atoms with E-state index in [2.05, 4.69) is 20.5 Å². The van der Waals surface area contributed by atoms with Crippen molar-refractivity contribution in [3.05, 3.63) is 41.3 Å². The third-order valence-corrected chi connectivity index (χ3v) is 2.38. The number of hydrogen-bond donors (Lipinski definition) is 2. The van der Waals surface area contributed by atoms with Crippen LogP contribution in [-0.4, -0.2) is 28.0 Å². The second-order valence-electron chi connectivity index (χ2n) is 3.86. The van der Waals surface area contributed by atoms with Gasteiger partial charge in [0.2, 0.25) is 0 Å². The number of hydrogen-bond acceptors (Lipinski definition) is 4. The summed E-state index contributed by atoms with van der Waals surface area (Å²) in [6.07, 6.45) is 5.28. The molecule has 0 aliphatic heterocycles. The molecule has 0 saturated carbocycles. The Labute approximate surface area is 99.3 Å². The second-order valence-corrected chi connectivity index (χ2v) is 3.86. The summed E-state index contributed by atoms with van der Waals surface area (Å²) in [5.41, 5.74) is 2.62. The number of carbonyl (C=O) groups excluding carboxylic acids is 1. The first kappa shape index (κ1) is 11.3. The van der Waals surface area contributed by atoms with Gasteiger partial charge in [-0.2, -0.15) is 5.10 Å². The van der Waals surface area contributed by atoms with E-state index in [1.807, 2.05) is 19.2 Å². The van der Waals surface area contributed by atoms with Gasteiger partial charge in [0, 0.05) is 12.7 Å². The largest absolute Gasteiger partial charge is 0.370 e. The Morgan fingerprint density at radius 3 is 3.06 bits per heavy atom. The van der Waals surface area contributed by atoms with Gasteiger partial charge in [-0.15, -0.1) is 0 Å². The molecule has 0 aliphatic carbocycles. The fourth-order valence-electron chi connectivity index (χ4n) is 1.59. The Balaban J connectivity index is 1.94. The number of carbonyl (C=O) groups is 1.